The van der Waals surface area contributed by atoms with Gasteiger partial charge in [-0.2, -0.15) is 0 Å². The van der Waals surface area contributed by atoms with Gasteiger partial charge in [-0.25, -0.2) is 4.98 Å². The number of rotatable bonds is 5. The summed E-state index contributed by atoms with van der Waals surface area (Å²) in [6.45, 7) is 6.27. The second kappa shape index (κ2) is 6.26. The van der Waals surface area contributed by atoms with Crippen molar-refractivity contribution in [3.8, 4) is 0 Å². The van der Waals surface area contributed by atoms with Gasteiger partial charge in [0.1, 0.15) is 5.82 Å². The third-order valence-electron chi connectivity index (χ3n) is 3.72. The zero-order valence-corrected chi connectivity index (χ0v) is 13.1. The summed E-state index contributed by atoms with van der Waals surface area (Å²) in [4.78, 5) is 16.6. The molecule has 0 fully saturated rings. The summed E-state index contributed by atoms with van der Waals surface area (Å²) >= 11 is 0. The number of aromatic nitrogens is 2. The van der Waals surface area contributed by atoms with Gasteiger partial charge in [-0.1, -0.05) is 6.92 Å². The van der Waals surface area contributed by atoms with Crippen molar-refractivity contribution in [3.05, 3.63) is 29.6 Å². The van der Waals surface area contributed by atoms with E-state index in [-0.39, 0.29) is 17.9 Å². The van der Waals surface area contributed by atoms with E-state index in [0.29, 0.717) is 18.5 Å². The van der Waals surface area contributed by atoms with Crippen molar-refractivity contribution < 1.29 is 9.90 Å². The number of amides is 1. The van der Waals surface area contributed by atoms with Gasteiger partial charge in [0.15, 0.2) is 0 Å². The summed E-state index contributed by atoms with van der Waals surface area (Å²) in [5.41, 5.74) is 2.47. The first-order valence-corrected chi connectivity index (χ1v) is 7.27. The highest BCUT2D eigenvalue weighted by atomic mass is 16.3. The molecule has 0 saturated carbocycles. The van der Waals surface area contributed by atoms with Crippen LogP contribution >= 0.6 is 0 Å². The van der Waals surface area contributed by atoms with Crippen LogP contribution in [0.3, 0.4) is 0 Å². The fraction of sp³-hybridized carbons (Fsp3) is 0.500. The van der Waals surface area contributed by atoms with Gasteiger partial charge in [0.05, 0.1) is 17.1 Å². The molecule has 21 heavy (non-hydrogen) atoms. The number of hydrogen-bond acceptors (Lipinski definition) is 3. The summed E-state index contributed by atoms with van der Waals surface area (Å²) in [6, 6.07) is 5.55. The Morgan fingerprint density at radius 3 is 2.81 bits per heavy atom. The van der Waals surface area contributed by atoms with Gasteiger partial charge < -0.3 is 15.0 Å². The third kappa shape index (κ3) is 3.61. The topological polar surface area (TPSA) is 67.2 Å². The van der Waals surface area contributed by atoms with E-state index in [0.717, 1.165) is 16.9 Å². The van der Waals surface area contributed by atoms with E-state index in [1.807, 2.05) is 43.7 Å². The molecule has 1 aromatic carbocycles. The highest BCUT2D eigenvalue weighted by Crippen LogP contribution is 2.16. The molecule has 2 N–H and O–H groups in total. The minimum absolute atomic E-state index is 0.0994. The van der Waals surface area contributed by atoms with Crippen LogP contribution < -0.4 is 5.32 Å². The Morgan fingerprint density at radius 2 is 2.14 bits per heavy atom. The Labute approximate surface area is 125 Å². The molecule has 0 bridgehead atoms. The lowest BCUT2D eigenvalue weighted by atomic mass is 10.0. The van der Waals surface area contributed by atoms with E-state index in [9.17, 15) is 9.90 Å². The molecule has 0 aliphatic rings. The molecule has 0 radical (unpaired) electrons. The van der Waals surface area contributed by atoms with Gasteiger partial charge >= 0.3 is 0 Å². The number of nitrogens with one attached hydrogen (secondary N) is 1. The average molecular weight is 289 g/mol. The number of aliphatic hydroxyl groups excluding tert-OH is 1. The second-order valence-corrected chi connectivity index (χ2v) is 5.82. The number of carbonyl (C=O) groups excluding carboxylic acids is 1. The monoisotopic (exact) mass is 289 g/mol. The van der Waals surface area contributed by atoms with E-state index in [1.165, 1.54) is 0 Å². The molecule has 5 nitrogen and oxygen atoms in total. The van der Waals surface area contributed by atoms with Crippen molar-refractivity contribution in [2.45, 2.75) is 33.3 Å². The molecule has 2 unspecified atom stereocenters. The van der Waals surface area contributed by atoms with E-state index in [1.54, 1.807) is 6.92 Å². The molecule has 0 aliphatic heterocycles. The zero-order chi connectivity index (χ0) is 15.6. The minimum Gasteiger partial charge on any atom is -0.393 e. The molecule has 1 heterocycles. The number of fused-ring (bicyclic) bond motifs is 1. The molecule has 1 amide bonds. The lowest BCUT2D eigenvalue weighted by molar-refractivity contribution is 0.0939. The molecule has 0 aliphatic carbocycles. The lowest BCUT2D eigenvalue weighted by Crippen LogP contribution is -2.29. The minimum atomic E-state index is -0.343. The van der Waals surface area contributed by atoms with E-state index in [2.05, 4.69) is 10.3 Å². The number of aliphatic hydroxyl groups is 1. The molecule has 0 spiro atoms. The number of nitrogens with zero attached hydrogens (tertiary/aromatic N) is 2. The van der Waals surface area contributed by atoms with Crippen molar-refractivity contribution in [3.63, 3.8) is 0 Å². The average Bonchev–Trinajstić information content (AvgIpc) is 2.70. The van der Waals surface area contributed by atoms with Crippen molar-refractivity contribution in [2.75, 3.05) is 6.54 Å². The van der Waals surface area contributed by atoms with Crippen LogP contribution in [0.5, 0.6) is 0 Å². The number of imidazole rings is 1. The molecule has 1 aromatic heterocycles. The Hall–Kier alpha value is -1.88. The van der Waals surface area contributed by atoms with Gasteiger partial charge in [-0.05, 0) is 44.4 Å². The maximum absolute atomic E-state index is 12.2. The van der Waals surface area contributed by atoms with Gasteiger partial charge in [-0.15, -0.1) is 0 Å². The van der Waals surface area contributed by atoms with E-state index in [4.69, 9.17) is 0 Å². The van der Waals surface area contributed by atoms with E-state index < -0.39 is 0 Å². The SMILES string of the molecule is Cc1nc2cc(C(=O)NCC(C)CC(C)O)ccc2n1C. The molecular formula is C16H23N3O2. The number of carbonyl (C=O) groups is 1. The summed E-state index contributed by atoms with van der Waals surface area (Å²) in [6.07, 6.45) is 0.336. The third-order valence-corrected chi connectivity index (χ3v) is 3.72. The van der Waals surface area contributed by atoms with Crippen LogP contribution in [0.15, 0.2) is 18.2 Å². The number of benzene rings is 1. The van der Waals surface area contributed by atoms with Crippen LogP contribution in [0.25, 0.3) is 11.0 Å². The molecule has 2 aromatic rings. The van der Waals surface area contributed by atoms with Crippen LogP contribution in [0, 0.1) is 12.8 Å². The van der Waals surface area contributed by atoms with Crippen molar-refractivity contribution in [1.29, 1.82) is 0 Å². The number of hydrogen-bond donors (Lipinski definition) is 2. The first-order chi connectivity index (χ1) is 9.88. The van der Waals surface area contributed by atoms with Crippen LogP contribution in [0.1, 0.15) is 36.5 Å². The molecule has 2 atom stereocenters. The van der Waals surface area contributed by atoms with Crippen molar-refractivity contribution >= 4 is 16.9 Å². The normalized spacial score (nSPS) is 14.1. The molecule has 5 heteroatoms. The lowest BCUT2D eigenvalue weighted by Gasteiger charge is -2.14. The first kappa shape index (κ1) is 15.5. The van der Waals surface area contributed by atoms with Gasteiger partial charge in [0.2, 0.25) is 0 Å². The number of aryl methyl sites for hydroxylation is 2. The largest absolute Gasteiger partial charge is 0.393 e. The van der Waals surface area contributed by atoms with Crippen LogP contribution in [-0.2, 0) is 7.05 Å². The fourth-order valence-corrected chi connectivity index (χ4v) is 2.50. The van der Waals surface area contributed by atoms with Crippen LogP contribution in [-0.4, -0.2) is 33.2 Å². The quantitative estimate of drug-likeness (QED) is 0.885. The Bertz CT molecular complexity index is 646. The highest BCUT2D eigenvalue weighted by molar-refractivity contribution is 5.97. The highest BCUT2D eigenvalue weighted by Gasteiger charge is 2.12. The van der Waals surface area contributed by atoms with E-state index >= 15 is 0 Å². The Kier molecular flexibility index (Phi) is 4.63. The van der Waals surface area contributed by atoms with Crippen molar-refractivity contribution in [2.24, 2.45) is 13.0 Å². The standard InChI is InChI=1S/C16H23N3O2/c1-10(7-11(2)20)9-17-16(21)13-5-6-15-14(8-13)18-12(3)19(15)4/h5-6,8,10-11,20H,7,9H2,1-4H3,(H,17,21). The summed E-state index contributed by atoms with van der Waals surface area (Å²) in [5, 5.41) is 12.2. The molecule has 2 rings (SSSR count). The predicted molar refractivity (Wildman–Crippen MR) is 83.2 cm³/mol. The summed E-state index contributed by atoms with van der Waals surface area (Å²) in [5.74, 6) is 1.07. The molecular weight excluding hydrogens is 266 g/mol. The predicted octanol–water partition coefficient (Wildman–Crippen LogP) is 2.02. The van der Waals surface area contributed by atoms with Crippen LogP contribution in [0.4, 0.5) is 0 Å². The Morgan fingerprint density at radius 1 is 1.43 bits per heavy atom. The van der Waals surface area contributed by atoms with Crippen molar-refractivity contribution in [1.82, 2.24) is 14.9 Å². The maximum atomic E-state index is 12.2. The molecule has 114 valence electrons. The fourth-order valence-electron chi connectivity index (χ4n) is 2.50. The summed E-state index contributed by atoms with van der Waals surface area (Å²) < 4.78 is 2.00. The smallest absolute Gasteiger partial charge is 0.251 e. The zero-order valence-electron chi connectivity index (χ0n) is 13.1. The maximum Gasteiger partial charge on any atom is 0.251 e. The van der Waals surface area contributed by atoms with Gasteiger partial charge in [-0.3, -0.25) is 4.79 Å². The Balaban J connectivity index is 2.06. The van der Waals surface area contributed by atoms with Gasteiger partial charge in [0, 0.05) is 19.2 Å². The van der Waals surface area contributed by atoms with Crippen LogP contribution in [0.2, 0.25) is 0 Å². The first-order valence-electron chi connectivity index (χ1n) is 7.27. The second-order valence-electron chi connectivity index (χ2n) is 5.82. The summed E-state index contributed by atoms with van der Waals surface area (Å²) in [7, 11) is 1.96. The van der Waals surface area contributed by atoms with Gasteiger partial charge in [0.25, 0.3) is 5.91 Å². The molecule has 0 saturated heterocycles.